The van der Waals surface area contributed by atoms with Crippen LogP contribution in [0, 0.1) is 5.92 Å². The van der Waals surface area contributed by atoms with Crippen LogP contribution in [-0.2, 0) is 4.74 Å². The highest BCUT2D eigenvalue weighted by atomic mass is 16.5. The number of fused-ring (bicyclic) bond motifs is 3. The highest BCUT2D eigenvalue weighted by Gasteiger charge is 2.44. The summed E-state index contributed by atoms with van der Waals surface area (Å²) in [6.45, 7) is 6.97. The molecule has 0 radical (unpaired) electrons. The molecule has 0 aliphatic carbocycles. The molecule has 2 heterocycles. The highest BCUT2D eigenvalue weighted by Crippen LogP contribution is 2.46. The fourth-order valence-electron chi connectivity index (χ4n) is 3.30. The summed E-state index contributed by atoms with van der Waals surface area (Å²) in [5, 5.41) is 3.53. The van der Waals surface area contributed by atoms with Crippen molar-refractivity contribution in [2.24, 2.45) is 5.92 Å². The fourth-order valence-corrected chi connectivity index (χ4v) is 3.30. The number of hydrogen-bond acceptors (Lipinski definition) is 3. The van der Waals surface area contributed by atoms with Crippen molar-refractivity contribution in [3.05, 3.63) is 29.8 Å². The molecule has 4 heteroatoms. The second kappa shape index (κ2) is 6.16. The molecule has 1 amide bonds. The van der Waals surface area contributed by atoms with Crippen LogP contribution in [0.2, 0.25) is 0 Å². The zero-order valence-electron chi connectivity index (χ0n) is 12.7. The standard InChI is InChI=1S/C14H18N2O2.C2H6/c1-9-10-7-8-16(14(17)18-2)13(10)11-5-3-4-6-12(11)15-9;1-2/h3-6,9-10,13,15H,7-8H2,1-2H3;1-2H3. The molecule has 0 aromatic heterocycles. The monoisotopic (exact) mass is 276 g/mol. The SMILES string of the molecule is CC.COC(=O)N1CCC2C(C)Nc3ccccc3C21. The average molecular weight is 276 g/mol. The molecule has 0 saturated carbocycles. The van der Waals surface area contributed by atoms with Gasteiger partial charge in [0.15, 0.2) is 0 Å². The van der Waals surface area contributed by atoms with Crippen molar-refractivity contribution in [2.45, 2.75) is 39.3 Å². The van der Waals surface area contributed by atoms with Crippen LogP contribution in [0.15, 0.2) is 24.3 Å². The summed E-state index contributed by atoms with van der Waals surface area (Å²) >= 11 is 0. The molecule has 4 nitrogen and oxygen atoms in total. The minimum absolute atomic E-state index is 0.157. The molecule has 1 fully saturated rings. The van der Waals surface area contributed by atoms with Crippen molar-refractivity contribution in [3.8, 4) is 0 Å². The number of carbonyl (C=O) groups excluding carboxylic acids is 1. The summed E-state index contributed by atoms with van der Waals surface area (Å²) in [5.74, 6) is 0.471. The van der Waals surface area contributed by atoms with Gasteiger partial charge in [0.2, 0.25) is 0 Å². The lowest BCUT2D eigenvalue weighted by molar-refractivity contribution is 0.112. The quantitative estimate of drug-likeness (QED) is 0.786. The molecule has 3 rings (SSSR count). The predicted molar refractivity (Wildman–Crippen MR) is 80.8 cm³/mol. The third kappa shape index (κ3) is 2.35. The van der Waals surface area contributed by atoms with Gasteiger partial charge in [-0.05, 0) is 25.0 Å². The number of methoxy groups -OCH3 is 1. The van der Waals surface area contributed by atoms with E-state index in [1.807, 2.05) is 30.9 Å². The molecule has 3 atom stereocenters. The Balaban J connectivity index is 0.000000704. The molecule has 2 aliphatic heterocycles. The molecule has 0 bridgehead atoms. The van der Waals surface area contributed by atoms with Gasteiger partial charge in [-0.2, -0.15) is 0 Å². The summed E-state index contributed by atoms with van der Waals surface area (Å²) in [6, 6.07) is 8.78. The van der Waals surface area contributed by atoms with Crippen molar-refractivity contribution in [3.63, 3.8) is 0 Å². The number of carbonyl (C=O) groups is 1. The van der Waals surface area contributed by atoms with Crippen LogP contribution >= 0.6 is 0 Å². The summed E-state index contributed by atoms with van der Waals surface area (Å²) in [7, 11) is 1.45. The van der Waals surface area contributed by atoms with Crippen LogP contribution in [0.5, 0.6) is 0 Å². The minimum atomic E-state index is -0.216. The van der Waals surface area contributed by atoms with E-state index in [-0.39, 0.29) is 12.1 Å². The summed E-state index contributed by atoms with van der Waals surface area (Å²) in [4.78, 5) is 13.7. The van der Waals surface area contributed by atoms with Gasteiger partial charge in [0.25, 0.3) is 0 Å². The van der Waals surface area contributed by atoms with Crippen molar-refractivity contribution in [1.29, 1.82) is 0 Å². The van der Waals surface area contributed by atoms with E-state index >= 15 is 0 Å². The van der Waals surface area contributed by atoms with E-state index in [1.54, 1.807) is 0 Å². The number of rotatable bonds is 0. The summed E-state index contributed by atoms with van der Waals surface area (Å²) in [5.41, 5.74) is 2.35. The maximum Gasteiger partial charge on any atom is 0.410 e. The first kappa shape index (κ1) is 14.7. The van der Waals surface area contributed by atoms with E-state index < -0.39 is 0 Å². The molecule has 1 aromatic carbocycles. The van der Waals surface area contributed by atoms with Crippen LogP contribution in [0.3, 0.4) is 0 Å². The predicted octanol–water partition coefficient (Wildman–Crippen LogP) is 3.66. The summed E-state index contributed by atoms with van der Waals surface area (Å²) < 4.78 is 4.90. The zero-order valence-corrected chi connectivity index (χ0v) is 12.7. The Labute approximate surface area is 121 Å². The number of nitrogens with one attached hydrogen (secondary N) is 1. The first-order valence-corrected chi connectivity index (χ1v) is 7.42. The lowest BCUT2D eigenvalue weighted by Crippen LogP contribution is -2.39. The van der Waals surface area contributed by atoms with Gasteiger partial charge in [-0.15, -0.1) is 0 Å². The zero-order chi connectivity index (χ0) is 14.7. The highest BCUT2D eigenvalue weighted by molar-refractivity contribution is 5.70. The Kier molecular flexibility index (Phi) is 4.53. The molecule has 2 aliphatic rings. The first-order valence-electron chi connectivity index (χ1n) is 7.42. The van der Waals surface area contributed by atoms with E-state index in [0.29, 0.717) is 12.0 Å². The number of benzene rings is 1. The number of amides is 1. The molecule has 3 unspecified atom stereocenters. The van der Waals surface area contributed by atoms with Gasteiger partial charge in [0, 0.05) is 24.2 Å². The number of anilines is 1. The van der Waals surface area contributed by atoms with Crippen LogP contribution in [-0.4, -0.2) is 30.7 Å². The maximum absolute atomic E-state index is 11.9. The maximum atomic E-state index is 11.9. The third-order valence-electron chi connectivity index (χ3n) is 4.16. The van der Waals surface area contributed by atoms with Crippen molar-refractivity contribution in [1.82, 2.24) is 4.90 Å². The molecule has 20 heavy (non-hydrogen) atoms. The second-order valence-corrected chi connectivity index (χ2v) is 5.08. The van der Waals surface area contributed by atoms with Gasteiger partial charge in [-0.3, -0.25) is 0 Å². The second-order valence-electron chi connectivity index (χ2n) is 5.08. The van der Waals surface area contributed by atoms with Gasteiger partial charge in [-0.1, -0.05) is 32.0 Å². The average Bonchev–Trinajstić information content (AvgIpc) is 2.94. The van der Waals surface area contributed by atoms with E-state index in [4.69, 9.17) is 4.74 Å². The number of para-hydroxylation sites is 1. The molecule has 1 aromatic rings. The van der Waals surface area contributed by atoms with E-state index in [1.165, 1.54) is 12.7 Å². The van der Waals surface area contributed by atoms with Crippen LogP contribution in [0.1, 0.15) is 38.8 Å². The van der Waals surface area contributed by atoms with Crippen LogP contribution in [0.4, 0.5) is 10.5 Å². The topological polar surface area (TPSA) is 41.6 Å². The molecule has 1 saturated heterocycles. The van der Waals surface area contributed by atoms with E-state index in [0.717, 1.165) is 18.7 Å². The van der Waals surface area contributed by atoms with Crippen molar-refractivity contribution in [2.75, 3.05) is 19.0 Å². The summed E-state index contributed by atoms with van der Waals surface area (Å²) in [6.07, 6.45) is 0.814. The Bertz CT molecular complexity index is 475. The van der Waals surface area contributed by atoms with E-state index in [9.17, 15) is 4.79 Å². The number of likely N-dealkylation sites (tertiary alicyclic amines) is 1. The number of nitrogens with zero attached hydrogens (tertiary/aromatic N) is 1. The van der Waals surface area contributed by atoms with Gasteiger partial charge < -0.3 is 15.0 Å². The molecule has 1 N–H and O–H groups in total. The fraction of sp³-hybridized carbons (Fsp3) is 0.562. The normalized spacial score (nSPS) is 26.6. The molecular formula is C16H24N2O2. The molecule has 0 spiro atoms. The molecular weight excluding hydrogens is 252 g/mol. The lowest BCUT2D eigenvalue weighted by Gasteiger charge is -2.37. The largest absolute Gasteiger partial charge is 0.453 e. The molecule has 110 valence electrons. The minimum Gasteiger partial charge on any atom is -0.453 e. The van der Waals surface area contributed by atoms with Crippen molar-refractivity contribution >= 4 is 11.8 Å². The lowest BCUT2D eigenvalue weighted by atomic mass is 9.84. The Morgan fingerprint density at radius 1 is 1.35 bits per heavy atom. The number of ether oxygens (including phenoxy) is 1. The number of hydrogen-bond donors (Lipinski definition) is 1. The third-order valence-corrected chi connectivity index (χ3v) is 4.16. The first-order chi connectivity index (χ1) is 9.72. The van der Waals surface area contributed by atoms with Gasteiger partial charge in [0.1, 0.15) is 0 Å². The Morgan fingerprint density at radius 3 is 2.75 bits per heavy atom. The van der Waals surface area contributed by atoms with Crippen LogP contribution in [0.25, 0.3) is 0 Å². The van der Waals surface area contributed by atoms with Gasteiger partial charge in [0.05, 0.1) is 13.2 Å². The Morgan fingerprint density at radius 2 is 2.05 bits per heavy atom. The smallest absolute Gasteiger partial charge is 0.410 e. The van der Waals surface area contributed by atoms with Crippen LogP contribution < -0.4 is 5.32 Å². The van der Waals surface area contributed by atoms with Crippen molar-refractivity contribution < 1.29 is 9.53 Å². The van der Waals surface area contributed by atoms with Gasteiger partial charge in [-0.25, -0.2) is 4.79 Å². The Hall–Kier alpha value is -1.71. The van der Waals surface area contributed by atoms with E-state index in [2.05, 4.69) is 24.4 Å². The van der Waals surface area contributed by atoms with Gasteiger partial charge >= 0.3 is 6.09 Å².